The van der Waals surface area contributed by atoms with Gasteiger partial charge in [0.05, 0.1) is 16.9 Å². The summed E-state index contributed by atoms with van der Waals surface area (Å²) in [5.74, 6) is 0.235. The van der Waals surface area contributed by atoms with Gasteiger partial charge in [-0.15, -0.1) is 0 Å². The van der Waals surface area contributed by atoms with Crippen LogP contribution in [0, 0.1) is 0 Å². The summed E-state index contributed by atoms with van der Waals surface area (Å²) in [7, 11) is 0.730. The van der Waals surface area contributed by atoms with Crippen LogP contribution in [0.4, 0.5) is 5.69 Å². The van der Waals surface area contributed by atoms with E-state index in [2.05, 4.69) is 4.98 Å². The number of nitrogens with two attached hydrogens (primary N) is 1. The van der Waals surface area contributed by atoms with Gasteiger partial charge in [-0.2, -0.15) is 0 Å². The van der Waals surface area contributed by atoms with E-state index in [0.717, 1.165) is 5.56 Å². The average Bonchev–Trinajstić information content (AvgIpc) is 2.54. The minimum absolute atomic E-state index is 0.138. The molecule has 0 unspecified atom stereocenters. The number of nitrogens with zero attached hydrogens (tertiary/aromatic N) is 2. The number of amides is 1. The van der Waals surface area contributed by atoms with E-state index in [4.69, 9.17) is 5.73 Å². The molecule has 1 aromatic heterocycles. The Hall–Kier alpha value is -2.21. The molecule has 1 heterocycles. The predicted octanol–water partition coefficient (Wildman–Crippen LogP) is 2.17. The van der Waals surface area contributed by atoms with Crippen molar-refractivity contribution in [3.8, 4) is 11.3 Å². The van der Waals surface area contributed by atoms with Gasteiger partial charge in [0.1, 0.15) is 0 Å². The SMILES string of the molecule is C[C@H](C[S@@](C)=O)N(C)C(=O)c1ccnc(-c2ccccc2)c1N. The Morgan fingerprint density at radius 3 is 2.57 bits per heavy atom. The molecule has 2 aromatic rings. The average molecular weight is 331 g/mol. The fourth-order valence-electron chi connectivity index (χ4n) is 2.33. The number of aromatic nitrogens is 1. The molecule has 2 rings (SSSR count). The lowest BCUT2D eigenvalue weighted by Crippen LogP contribution is -2.38. The Bertz CT molecular complexity index is 719. The molecule has 2 atom stereocenters. The second kappa shape index (κ2) is 7.37. The smallest absolute Gasteiger partial charge is 0.256 e. The molecule has 0 aliphatic heterocycles. The maximum atomic E-state index is 12.7. The monoisotopic (exact) mass is 331 g/mol. The molecule has 2 N–H and O–H groups in total. The molecule has 1 amide bonds. The van der Waals surface area contributed by atoms with E-state index in [1.54, 1.807) is 30.5 Å². The van der Waals surface area contributed by atoms with Gasteiger partial charge in [0, 0.05) is 47.7 Å². The molecule has 0 radical (unpaired) electrons. The highest BCUT2D eigenvalue weighted by atomic mass is 32.2. The van der Waals surface area contributed by atoms with Crippen molar-refractivity contribution in [2.24, 2.45) is 0 Å². The number of pyridine rings is 1. The molecule has 0 aliphatic rings. The second-order valence-corrected chi connectivity index (χ2v) is 6.97. The zero-order valence-corrected chi connectivity index (χ0v) is 14.3. The molecular formula is C17H21N3O2S. The maximum Gasteiger partial charge on any atom is 0.256 e. The fraction of sp³-hybridized carbons (Fsp3) is 0.294. The van der Waals surface area contributed by atoms with Crippen molar-refractivity contribution in [3.05, 3.63) is 48.2 Å². The first-order valence-electron chi connectivity index (χ1n) is 7.29. The zero-order valence-electron chi connectivity index (χ0n) is 13.5. The third-order valence-electron chi connectivity index (χ3n) is 3.73. The van der Waals surface area contributed by atoms with Crippen LogP contribution in [0.1, 0.15) is 17.3 Å². The molecule has 23 heavy (non-hydrogen) atoms. The minimum Gasteiger partial charge on any atom is -0.396 e. The number of hydrogen-bond donors (Lipinski definition) is 1. The third kappa shape index (κ3) is 3.96. The normalized spacial score (nSPS) is 13.3. The number of hydrogen-bond acceptors (Lipinski definition) is 4. The van der Waals surface area contributed by atoms with Crippen molar-refractivity contribution in [1.82, 2.24) is 9.88 Å². The molecule has 0 saturated heterocycles. The van der Waals surface area contributed by atoms with Gasteiger partial charge in [-0.1, -0.05) is 30.3 Å². The number of anilines is 1. The lowest BCUT2D eigenvalue weighted by Gasteiger charge is -2.25. The van der Waals surface area contributed by atoms with E-state index in [1.807, 2.05) is 37.3 Å². The highest BCUT2D eigenvalue weighted by Crippen LogP contribution is 2.27. The molecule has 1 aromatic carbocycles. The van der Waals surface area contributed by atoms with Crippen LogP contribution >= 0.6 is 0 Å². The van der Waals surface area contributed by atoms with E-state index < -0.39 is 10.8 Å². The van der Waals surface area contributed by atoms with Crippen LogP contribution in [0.15, 0.2) is 42.6 Å². The first kappa shape index (κ1) is 17.1. The lowest BCUT2D eigenvalue weighted by molar-refractivity contribution is 0.0758. The first-order chi connectivity index (χ1) is 10.9. The van der Waals surface area contributed by atoms with E-state index >= 15 is 0 Å². The summed E-state index contributed by atoms with van der Waals surface area (Å²) < 4.78 is 11.4. The van der Waals surface area contributed by atoms with Crippen LogP contribution in [0.2, 0.25) is 0 Å². The van der Waals surface area contributed by atoms with Gasteiger partial charge in [0.25, 0.3) is 5.91 Å². The largest absolute Gasteiger partial charge is 0.396 e. The Balaban J connectivity index is 2.33. The summed E-state index contributed by atoms with van der Waals surface area (Å²) in [6.07, 6.45) is 3.21. The molecular weight excluding hydrogens is 310 g/mol. The predicted molar refractivity (Wildman–Crippen MR) is 94.6 cm³/mol. The molecule has 0 saturated carbocycles. The molecule has 0 fully saturated rings. The summed E-state index contributed by atoms with van der Waals surface area (Å²) in [6.45, 7) is 1.87. The quantitative estimate of drug-likeness (QED) is 0.911. The molecule has 6 heteroatoms. The van der Waals surface area contributed by atoms with Gasteiger partial charge in [0.15, 0.2) is 0 Å². The zero-order chi connectivity index (χ0) is 17.0. The van der Waals surface area contributed by atoms with Gasteiger partial charge < -0.3 is 10.6 Å². The number of nitrogen functional groups attached to an aromatic ring is 1. The highest BCUT2D eigenvalue weighted by molar-refractivity contribution is 7.84. The van der Waals surface area contributed by atoms with Crippen LogP contribution in [0.3, 0.4) is 0 Å². The lowest BCUT2D eigenvalue weighted by atomic mass is 10.1. The Labute approximate surface area is 139 Å². The molecule has 0 spiro atoms. The fourth-order valence-corrected chi connectivity index (χ4v) is 3.23. The third-order valence-corrected chi connectivity index (χ3v) is 4.68. The van der Waals surface area contributed by atoms with Gasteiger partial charge in [0.2, 0.25) is 0 Å². The number of rotatable bonds is 5. The van der Waals surface area contributed by atoms with E-state index in [0.29, 0.717) is 22.7 Å². The Morgan fingerprint density at radius 1 is 1.30 bits per heavy atom. The molecule has 0 bridgehead atoms. The van der Waals surface area contributed by atoms with Crippen molar-refractivity contribution in [2.75, 3.05) is 24.8 Å². The van der Waals surface area contributed by atoms with Crippen LogP contribution in [0.25, 0.3) is 11.3 Å². The number of carbonyl (C=O) groups excluding carboxylic acids is 1. The van der Waals surface area contributed by atoms with Crippen molar-refractivity contribution in [3.63, 3.8) is 0 Å². The van der Waals surface area contributed by atoms with E-state index in [-0.39, 0.29) is 11.9 Å². The van der Waals surface area contributed by atoms with Crippen LogP contribution in [-0.2, 0) is 10.8 Å². The topological polar surface area (TPSA) is 76.3 Å². The van der Waals surface area contributed by atoms with Crippen LogP contribution in [0.5, 0.6) is 0 Å². The number of carbonyl (C=O) groups is 1. The van der Waals surface area contributed by atoms with Gasteiger partial charge in [-0.3, -0.25) is 14.0 Å². The van der Waals surface area contributed by atoms with Crippen molar-refractivity contribution in [2.45, 2.75) is 13.0 Å². The minimum atomic E-state index is -0.966. The van der Waals surface area contributed by atoms with Crippen LogP contribution < -0.4 is 5.73 Å². The molecule has 122 valence electrons. The standard InChI is InChI=1S/C17H21N3O2S/c1-12(11-23(3)22)20(2)17(21)14-9-10-19-16(15(14)18)13-7-5-4-6-8-13/h4-10,12H,11,18H2,1-3H3/t12-,23-/m1/s1. The second-order valence-electron chi connectivity index (χ2n) is 5.49. The summed E-state index contributed by atoms with van der Waals surface area (Å²) in [4.78, 5) is 18.6. The van der Waals surface area contributed by atoms with Gasteiger partial charge in [-0.25, -0.2) is 0 Å². The first-order valence-corrected chi connectivity index (χ1v) is 9.01. The van der Waals surface area contributed by atoms with Crippen molar-refractivity contribution >= 4 is 22.4 Å². The van der Waals surface area contributed by atoms with E-state index in [9.17, 15) is 9.00 Å². The van der Waals surface area contributed by atoms with Crippen molar-refractivity contribution < 1.29 is 9.00 Å². The summed E-state index contributed by atoms with van der Waals surface area (Å²) in [6, 6.07) is 11.0. The van der Waals surface area contributed by atoms with E-state index in [1.165, 1.54) is 0 Å². The highest BCUT2D eigenvalue weighted by Gasteiger charge is 2.22. The Kier molecular flexibility index (Phi) is 5.50. The maximum absolute atomic E-state index is 12.7. The Morgan fingerprint density at radius 2 is 1.96 bits per heavy atom. The number of benzene rings is 1. The van der Waals surface area contributed by atoms with Crippen LogP contribution in [-0.4, -0.2) is 45.1 Å². The van der Waals surface area contributed by atoms with Crippen molar-refractivity contribution in [1.29, 1.82) is 0 Å². The molecule has 5 nitrogen and oxygen atoms in total. The van der Waals surface area contributed by atoms with Gasteiger partial charge in [-0.05, 0) is 13.0 Å². The summed E-state index contributed by atoms with van der Waals surface area (Å²) >= 11 is 0. The summed E-state index contributed by atoms with van der Waals surface area (Å²) in [5, 5.41) is 0. The van der Waals surface area contributed by atoms with Gasteiger partial charge >= 0.3 is 0 Å². The molecule has 0 aliphatic carbocycles. The summed E-state index contributed by atoms with van der Waals surface area (Å²) in [5.41, 5.74) is 8.42.